The summed E-state index contributed by atoms with van der Waals surface area (Å²) in [4.78, 5) is 0. The fraction of sp³-hybridized carbons (Fsp3) is 0.667. The van der Waals surface area contributed by atoms with Crippen LogP contribution in [0.5, 0.6) is 0 Å². The minimum atomic E-state index is -0.511. The van der Waals surface area contributed by atoms with Crippen LogP contribution in [0.2, 0.25) is 0 Å². The Morgan fingerprint density at radius 3 is 2.60 bits per heavy atom. The first kappa shape index (κ1) is 15.5. The maximum absolute atomic E-state index is 10.5. The zero-order valence-corrected chi connectivity index (χ0v) is 12.8. The summed E-state index contributed by atoms with van der Waals surface area (Å²) in [5.41, 5.74) is 0.960. The molecule has 1 aliphatic rings. The summed E-state index contributed by atoms with van der Waals surface area (Å²) in [6.45, 7) is 4.36. The van der Waals surface area contributed by atoms with Crippen LogP contribution >= 0.6 is 0 Å². The van der Waals surface area contributed by atoms with Gasteiger partial charge in [0.2, 0.25) is 0 Å². The van der Waals surface area contributed by atoms with Gasteiger partial charge < -0.3 is 9.84 Å². The van der Waals surface area contributed by atoms with Crippen molar-refractivity contribution in [2.75, 3.05) is 0 Å². The summed E-state index contributed by atoms with van der Waals surface area (Å²) in [5, 5.41) is 10.5. The molecule has 1 aliphatic carbocycles. The van der Waals surface area contributed by atoms with E-state index in [-0.39, 0.29) is 6.10 Å². The van der Waals surface area contributed by atoms with Crippen LogP contribution in [0.4, 0.5) is 0 Å². The van der Waals surface area contributed by atoms with Crippen molar-refractivity contribution in [2.24, 2.45) is 5.92 Å². The molecular weight excluding hydrogens is 248 g/mol. The lowest BCUT2D eigenvalue weighted by molar-refractivity contribution is -0.0960. The molecule has 0 radical (unpaired) electrons. The van der Waals surface area contributed by atoms with Crippen molar-refractivity contribution in [2.45, 2.75) is 70.7 Å². The Balaban J connectivity index is 1.94. The van der Waals surface area contributed by atoms with Gasteiger partial charge in [-0.05, 0) is 30.7 Å². The van der Waals surface area contributed by atoms with Crippen LogP contribution in [0.1, 0.15) is 64.0 Å². The van der Waals surface area contributed by atoms with Crippen molar-refractivity contribution in [3.05, 3.63) is 35.9 Å². The molecule has 1 aromatic rings. The minimum absolute atomic E-state index is 0.0852. The number of ether oxygens (including phenoxy) is 1. The van der Waals surface area contributed by atoms with Crippen LogP contribution in [0.25, 0.3) is 0 Å². The molecule has 0 bridgehead atoms. The molecule has 0 aromatic heterocycles. The monoisotopic (exact) mass is 276 g/mol. The quantitative estimate of drug-likeness (QED) is 0.830. The predicted molar refractivity (Wildman–Crippen MR) is 82.6 cm³/mol. The first-order valence-electron chi connectivity index (χ1n) is 8.13. The van der Waals surface area contributed by atoms with Crippen LogP contribution in [0.15, 0.2) is 30.3 Å². The van der Waals surface area contributed by atoms with Gasteiger partial charge in [-0.2, -0.15) is 0 Å². The second-order valence-corrected chi connectivity index (χ2v) is 6.00. The molecule has 0 saturated heterocycles. The maximum Gasteiger partial charge on any atom is 0.105 e. The van der Waals surface area contributed by atoms with E-state index in [9.17, 15) is 5.11 Å². The van der Waals surface area contributed by atoms with Crippen molar-refractivity contribution >= 4 is 0 Å². The molecule has 112 valence electrons. The molecule has 2 heteroatoms. The summed E-state index contributed by atoms with van der Waals surface area (Å²) in [6.07, 6.45) is 6.75. The zero-order valence-electron chi connectivity index (χ0n) is 12.8. The number of benzene rings is 1. The van der Waals surface area contributed by atoms with Crippen molar-refractivity contribution in [1.29, 1.82) is 0 Å². The van der Waals surface area contributed by atoms with E-state index in [2.05, 4.69) is 13.8 Å². The Morgan fingerprint density at radius 2 is 1.95 bits per heavy atom. The Hall–Kier alpha value is -0.860. The van der Waals surface area contributed by atoms with E-state index >= 15 is 0 Å². The normalized spacial score (nSPS) is 26.1. The van der Waals surface area contributed by atoms with Gasteiger partial charge in [0.25, 0.3) is 0 Å². The Kier molecular flexibility index (Phi) is 6.06. The molecule has 0 amide bonds. The lowest BCUT2D eigenvalue weighted by Gasteiger charge is -2.33. The molecule has 4 atom stereocenters. The second kappa shape index (κ2) is 7.80. The van der Waals surface area contributed by atoms with Gasteiger partial charge >= 0.3 is 0 Å². The molecule has 1 N–H and O–H groups in total. The van der Waals surface area contributed by atoms with Gasteiger partial charge in [0, 0.05) is 0 Å². The number of hydrogen-bond acceptors (Lipinski definition) is 2. The standard InChI is InChI=1S/C18H28O2/c1-3-14-9-8-12-16(13-14)20-17(4-2)18(19)15-10-6-5-7-11-15/h5-7,10-11,14,16-19H,3-4,8-9,12-13H2,1-2H3. The van der Waals surface area contributed by atoms with Gasteiger partial charge in [0.15, 0.2) is 0 Å². The fourth-order valence-corrected chi connectivity index (χ4v) is 3.24. The van der Waals surface area contributed by atoms with E-state index in [1.165, 1.54) is 19.3 Å². The van der Waals surface area contributed by atoms with E-state index in [4.69, 9.17) is 4.74 Å². The summed E-state index contributed by atoms with van der Waals surface area (Å²) in [5.74, 6) is 0.806. The van der Waals surface area contributed by atoms with E-state index < -0.39 is 6.10 Å². The average Bonchev–Trinajstić information content (AvgIpc) is 2.53. The molecule has 0 aliphatic heterocycles. The van der Waals surface area contributed by atoms with Crippen LogP contribution in [0, 0.1) is 5.92 Å². The number of aliphatic hydroxyl groups excluding tert-OH is 1. The first-order valence-corrected chi connectivity index (χ1v) is 8.13. The molecule has 0 spiro atoms. The van der Waals surface area contributed by atoms with Gasteiger partial charge in [0.05, 0.1) is 12.2 Å². The fourth-order valence-electron chi connectivity index (χ4n) is 3.24. The maximum atomic E-state index is 10.5. The third kappa shape index (κ3) is 4.07. The van der Waals surface area contributed by atoms with Crippen LogP contribution in [0.3, 0.4) is 0 Å². The number of rotatable bonds is 6. The highest BCUT2D eigenvalue weighted by Gasteiger charge is 2.27. The third-order valence-electron chi connectivity index (χ3n) is 4.57. The van der Waals surface area contributed by atoms with E-state index in [0.29, 0.717) is 6.10 Å². The van der Waals surface area contributed by atoms with Gasteiger partial charge in [-0.15, -0.1) is 0 Å². The summed E-state index contributed by atoms with van der Waals surface area (Å²) in [6, 6.07) is 9.88. The SMILES string of the molecule is CCC1CCCC(OC(CC)C(O)c2ccccc2)C1. The van der Waals surface area contributed by atoms with Crippen molar-refractivity contribution in [3.63, 3.8) is 0 Å². The molecule has 0 heterocycles. The molecule has 4 unspecified atom stereocenters. The van der Waals surface area contributed by atoms with Crippen LogP contribution in [-0.4, -0.2) is 17.3 Å². The van der Waals surface area contributed by atoms with Crippen molar-refractivity contribution in [3.8, 4) is 0 Å². The topological polar surface area (TPSA) is 29.5 Å². The van der Waals surface area contributed by atoms with Gasteiger partial charge in [0.1, 0.15) is 6.10 Å². The second-order valence-electron chi connectivity index (χ2n) is 6.00. The summed E-state index contributed by atoms with van der Waals surface area (Å²) in [7, 11) is 0. The van der Waals surface area contributed by atoms with Crippen LogP contribution < -0.4 is 0 Å². The molecule has 20 heavy (non-hydrogen) atoms. The van der Waals surface area contributed by atoms with Crippen molar-refractivity contribution < 1.29 is 9.84 Å². The molecule has 1 fully saturated rings. The Bertz CT molecular complexity index is 376. The highest BCUT2D eigenvalue weighted by atomic mass is 16.5. The van der Waals surface area contributed by atoms with E-state index in [1.54, 1.807) is 0 Å². The number of hydrogen-bond donors (Lipinski definition) is 1. The highest BCUT2D eigenvalue weighted by Crippen LogP contribution is 2.31. The van der Waals surface area contributed by atoms with Crippen molar-refractivity contribution in [1.82, 2.24) is 0 Å². The molecule has 1 aromatic carbocycles. The van der Waals surface area contributed by atoms with E-state index in [1.807, 2.05) is 30.3 Å². The lowest BCUT2D eigenvalue weighted by Crippen LogP contribution is -2.31. The summed E-state index contributed by atoms with van der Waals surface area (Å²) >= 11 is 0. The Morgan fingerprint density at radius 1 is 1.20 bits per heavy atom. The highest BCUT2D eigenvalue weighted by molar-refractivity contribution is 5.18. The first-order chi connectivity index (χ1) is 9.74. The molecule has 2 nitrogen and oxygen atoms in total. The van der Waals surface area contributed by atoms with Gasteiger partial charge in [-0.3, -0.25) is 0 Å². The van der Waals surface area contributed by atoms with Gasteiger partial charge in [-0.1, -0.05) is 63.4 Å². The number of aliphatic hydroxyl groups is 1. The Labute approximate surface area is 123 Å². The minimum Gasteiger partial charge on any atom is -0.386 e. The lowest BCUT2D eigenvalue weighted by atomic mass is 9.85. The molecule has 1 saturated carbocycles. The average molecular weight is 276 g/mol. The predicted octanol–water partition coefficient (Wildman–Crippen LogP) is 4.48. The molecular formula is C18H28O2. The van der Waals surface area contributed by atoms with E-state index in [0.717, 1.165) is 30.7 Å². The van der Waals surface area contributed by atoms with Crippen LogP contribution in [-0.2, 0) is 4.74 Å². The third-order valence-corrected chi connectivity index (χ3v) is 4.57. The zero-order chi connectivity index (χ0) is 14.4. The smallest absolute Gasteiger partial charge is 0.105 e. The molecule has 2 rings (SSSR count). The summed E-state index contributed by atoms with van der Waals surface area (Å²) < 4.78 is 6.24. The largest absolute Gasteiger partial charge is 0.386 e. The van der Waals surface area contributed by atoms with Gasteiger partial charge in [-0.25, -0.2) is 0 Å².